The molecule has 0 fully saturated rings. The largest absolute Gasteiger partial charge is 0.484 e. The minimum atomic E-state index is -4.06. The van der Waals surface area contributed by atoms with Gasteiger partial charge in [0, 0.05) is 31.4 Å². The fraction of sp³-hybridized carbons (Fsp3) is 0.190. The Kier molecular flexibility index (Phi) is 8.21. The molecule has 10 heteroatoms. The van der Waals surface area contributed by atoms with E-state index in [-0.39, 0.29) is 46.8 Å². The first-order chi connectivity index (χ1) is 14.4. The molecule has 3 rings (SSSR count). The van der Waals surface area contributed by atoms with Crippen LogP contribution in [-0.4, -0.2) is 39.0 Å². The summed E-state index contributed by atoms with van der Waals surface area (Å²) in [7, 11) is -0.841. The van der Waals surface area contributed by atoms with E-state index in [9.17, 15) is 17.6 Å². The smallest absolute Gasteiger partial charge is 0.268 e. The Balaban J connectivity index is 0.00000341. The Morgan fingerprint density at radius 3 is 2.52 bits per heavy atom. The van der Waals surface area contributed by atoms with Gasteiger partial charge in [0.15, 0.2) is 6.61 Å². The molecule has 166 valence electrons. The number of hydrogen-bond acceptors (Lipinski definition) is 5. The van der Waals surface area contributed by atoms with Gasteiger partial charge in [0.05, 0.1) is 10.6 Å². The van der Waals surface area contributed by atoms with Gasteiger partial charge in [-0.05, 0) is 42.9 Å². The van der Waals surface area contributed by atoms with Gasteiger partial charge in [0.1, 0.15) is 11.6 Å². The van der Waals surface area contributed by atoms with Crippen LogP contribution in [0, 0.1) is 5.82 Å². The van der Waals surface area contributed by atoms with Crippen LogP contribution < -0.4 is 15.4 Å². The summed E-state index contributed by atoms with van der Waals surface area (Å²) in [5.74, 6) is -0.632. The zero-order valence-corrected chi connectivity index (χ0v) is 18.6. The van der Waals surface area contributed by atoms with Gasteiger partial charge in [-0.1, -0.05) is 18.2 Å². The van der Waals surface area contributed by atoms with Crippen LogP contribution in [0.1, 0.15) is 5.56 Å². The summed E-state index contributed by atoms with van der Waals surface area (Å²) in [4.78, 5) is 11.3. The van der Waals surface area contributed by atoms with Gasteiger partial charge < -0.3 is 15.4 Å². The van der Waals surface area contributed by atoms with Gasteiger partial charge in [-0.2, -0.15) is 0 Å². The molecular weight excluding hydrogens is 445 g/mol. The molecule has 1 amide bonds. The first-order valence-corrected chi connectivity index (χ1v) is 10.6. The van der Waals surface area contributed by atoms with Crippen molar-refractivity contribution >= 4 is 28.3 Å². The van der Waals surface area contributed by atoms with Crippen molar-refractivity contribution in [1.82, 2.24) is 14.6 Å². The molecule has 0 saturated heterocycles. The van der Waals surface area contributed by atoms with E-state index in [1.165, 1.54) is 43.6 Å². The first-order valence-electron chi connectivity index (χ1n) is 9.16. The third kappa shape index (κ3) is 5.43. The molecule has 2 N–H and O–H groups in total. The van der Waals surface area contributed by atoms with E-state index in [4.69, 9.17) is 4.74 Å². The van der Waals surface area contributed by atoms with E-state index in [0.717, 1.165) is 3.97 Å². The van der Waals surface area contributed by atoms with Crippen molar-refractivity contribution in [1.29, 1.82) is 0 Å². The number of benzene rings is 2. The SMILES string of the molecule is CNCc1cc(-c2ccccc2F)n(S(=O)(=O)c2cccc(OCC(=O)NC)c2)c1.Cl. The average Bonchev–Trinajstić information content (AvgIpc) is 3.17. The molecule has 2 aromatic carbocycles. The Bertz CT molecular complexity index is 1160. The molecule has 0 aliphatic heterocycles. The number of halogens is 2. The van der Waals surface area contributed by atoms with E-state index < -0.39 is 15.8 Å². The first kappa shape index (κ1) is 24.4. The monoisotopic (exact) mass is 467 g/mol. The second-order valence-electron chi connectivity index (χ2n) is 6.48. The van der Waals surface area contributed by atoms with Crippen molar-refractivity contribution in [3.05, 3.63) is 72.2 Å². The Morgan fingerprint density at radius 1 is 1.10 bits per heavy atom. The van der Waals surface area contributed by atoms with E-state index in [0.29, 0.717) is 12.1 Å². The quantitative estimate of drug-likeness (QED) is 0.531. The number of carbonyl (C=O) groups excluding carboxylic acids is 1. The van der Waals surface area contributed by atoms with Crippen LogP contribution in [0.2, 0.25) is 0 Å². The zero-order valence-electron chi connectivity index (χ0n) is 17.0. The third-order valence-electron chi connectivity index (χ3n) is 4.38. The van der Waals surface area contributed by atoms with Crippen LogP contribution in [0.3, 0.4) is 0 Å². The van der Waals surface area contributed by atoms with Crippen molar-refractivity contribution in [3.8, 4) is 17.0 Å². The van der Waals surface area contributed by atoms with Crippen molar-refractivity contribution in [2.75, 3.05) is 20.7 Å². The number of hydrogen-bond donors (Lipinski definition) is 2. The molecule has 1 aromatic heterocycles. The Hall–Kier alpha value is -2.88. The van der Waals surface area contributed by atoms with Gasteiger partial charge in [-0.25, -0.2) is 16.8 Å². The highest BCUT2D eigenvalue weighted by Gasteiger charge is 2.23. The normalized spacial score (nSPS) is 10.9. The summed E-state index contributed by atoms with van der Waals surface area (Å²) in [6.07, 6.45) is 1.46. The average molecular weight is 468 g/mol. The standard InChI is InChI=1S/C21H22FN3O4S.ClH/c1-23-12-15-10-20(18-8-3-4-9-19(18)22)25(13-15)30(27,28)17-7-5-6-16(11-17)29-14-21(26)24-2;/h3-11,13,23H,12,14H2,1-2H3,(H,24,26);1H. The predicted octanol–water partition coefficient (Wildman–Crippen LogP) is 2.80. The number of ether oxygens (including phenoxy) is 1. The Morgan fingerprint density at radius 2 is 1.84 bits per heavy atom. The third-order valence-corrected chi connectivity index (χ3v) is 6.05. The minimum Gasteiger partial charge on any atom is -0.484 e. The topological polar surface area (TPSA) is 89.4 Å². The molecule has 0 unspecified atom stereocenters. The summed E-state index contributed by atoms with van der Waals surface area (Å²) in [5.41, 5.74) is 1.08. The molecule has 31 heavy (non-hydrogen) atoms. The van der Waals surface area contributed by atoms with Crippen molar-refractivity contribution in [2.45, 2.75) is 11.4 Å². The molecule has 0 saturated carbocycles. The molecule has 0 radical (unpaired) electrons. The molecule has 3 aromatic rings. The second kappa shape index (κ2) is 10.4. The summed E-state index contributed by atoms with van der Waals surface area (Å²) >= 11 is 0. The molecule has 0 bridgehead atoms. The second-order valence-corrected chi connectivity index (χ2v) is 8.30. The maximum Gasteiger partial charge on any atom is 0.268 e. The molecule has 1 heterocycles. The van der Waals surface area contributed by atoms with Crippen LogP contribution in [0.4, 0.5) is 4.39 Å². The maximum absolute atomic E-state index is 14.4. The molecular formula is C21H23ClFN3O4S. The summed E-state index contributed by atoms with van der Waals surface area (Å²) in [6, 6.07) is 13.5. The van der Waals surface area contributed by atoms with Crippen LogP contribution >= 0.6 is 12.4 Å². The molecule has 0 atom stereocenters. The summed E-state index contributed by atoms with van der Waals surface area (Å²) in [5, 5.41) is 5.39. The highest BCUT2D eigenvalue weighted by molar-refractivity contribution is 7.90. The molecule has 0 spiro atoms. The highest BCUT2D eigenvalue weighted by atomic mass is 35.5. The molecule has 0 aliphatic rings. The Labute approximate surface area is 186 Å². The van der Waals surface area contributed by atoms with E-state index in [1.807, 2.05) is 0 Å². The lowest BCUT2D eigenvalue weighted by Gasteiger charge is -2.12. The lowest BCUT2D eigenvalue weighted by atomic mass is 10.1. The number of likely N-dealkylation sites (N-methyl/N-ethyl adjacent to an activating group) is 1. The van der Waals surface area contributed by atoms with E-state index in [2.05, 4.69) is 10.6 Å². The van der Waals surface area contributed by atoms with Crippen LogP contribution in [0.25, 0.3) is 11.3 Å². The van der Waals surface area contributed by atoms with Crippen LogP contribution in [0.5, 0.6) is 5.75 Å². The number of amides is 1. The lowest BCUT2D eigenvalue weighted by Crippen LogP contribution is -2.24. The van der Waals surface area contributed by atoms with E-state index in [1.54, 1.807) is 31.3 Å². The summed E-state index contributed by atoms with van der Waals surface area (Å²) < 4.78 is 47.6. The maximum atomic E-state index is 14.4. The number of carbonyl (C=O) groups is 1. The van der Waals surface area contributed by atoms with Gasteiger partial charge in [0.2, 0.25) is 0 Å². The van der Waals surface area contributed by atoms with Crippen molar-refractivity contribution < 1.29 is 22.3 Å². The van der Waals surface area contributed by atoms with Crippen LogP contribution in [-0.2, 0) is 21.4 Å². The zero-order chi connectivity index (χ0) is 21.7. The van der Waals surface area contributed by atoms with Gasteiger partial charge in [-0.15, -0.1) is 12.4 Å². The number of rotatable bonds is 8. The number of nitrogens with one attached hydrogen (secondary N) is 2. The number of aromatic nitrogens is 1. The molecule has 0 aliphatic carbocycles. The van der Waals surface area contributed by atoms with E-state index >= 15 is 0 Å². The van der Waals surface area contributed by atoms with Gasteiger partial charge in [-0.3, -0.25) is 4.79 Å². The van der Waals surface area contributed by atoms with Crippen LogP contribution in [0.15, 0.2) is 65.7 Å². The number of nitrogens with zero attached hydrogens (tertiary/aromatic N) is 1. The molecule has 7 nitrogen and oxygen atoms in total. The van der Waals surface area contributed by atoms with Gasteiger partial charge in [0.25, 0.3) is 15.9 Å². The summed E-state index contributed by atoms with van der Waals surface area (Å²) in [6.45, 7) is 0.176. The fourth-order valence-electron chi connectivity index (χ4n) is 2.92. The van der Waals surface area contributed by atoms with Gasteiger partial charge >= 0.3 is 0 Å². The fourth-order valence-corrected chi connectivity index (χ4v) is 4.35. The van der Waals surface area contributed by atoms with Crippen molar-refractivity contribution in [3.63, 3.8) is 0 Å². The minimum absolute atomic E-state index is 0. The van der Waals surface area contributed by atoms with Crippen molar-refractivity contribution in [2.24, 2.45) is 0 Å². The predicted molar refractivity (Wildman–Crippen MR) is 118 cm³/mol. The highest BCUT2D eigenvalue weighted by Crippen LogP contribution is 2.30. The lowest BCUT2D eigenvalue weighted by molar-refractivity contribution is -0.122.